The molecule has 0 saturated carbocycles. The van der Waals surface area contributed by atoms with Crippen molar-refractivity contribution in [3.63, 3.8) is 0 Å². The quantitative estimate of drug-likeness (QED) is 0.636. The van der Waals surface area contributed by atoms with E-state index in [9.17, 15) is 4.79 Å². The van der Waals surface area contributed by atoms with Crippen LogP contribution in [0.25, 0.3) is 0 Å². The van der Waals surface area contributed by atoms with Gasteiger partial charge in [-0.25, -0.2) is 0 Å². The Kier molecular flexibility index (Phi) is 2.49. The van der Waals surface area contributed by atoms with E-state index in [0.717, 1.165) is 5.00 Å². The molecule has 0 aromatic carbocycles. The van der Waals surface area contributed by atoms with Crippen molar-refractivity contribution in [2.75, 3.05) is 23.4 Å². The van der Waals surface area contributed by atoms with Gasteiger partial charge in [0.2, 0.25) is 5.91 Å². The van der Waals surface area contributed by atoms with Gasteiger partial charge in [-0.2, -0.15) is 4.37 Å². The van der Waals surface area contributed by atoms with Gasteiger partial charge in [-0.15, -0.1) is 0 Å². The minimum absolute atomic E-state index is 0.172. The number of anilines is 3. The predicted octanol–water partition coefficient (Wildman–Crippen LogP) is 0.725. The van der Waals surface area contributed by atoms with E-state index in [1.807, 2.05) is 0 Å². The van der Waals surface area contributed by atoms with Crippen LogP contribution in [0.4, 0.5) is 16.5 Å². The molecule has 1 aromatic heterocycles. The first kappa shape index (κ1) is 8.79. The number of carbonyl (C=O) groups is 1. The second kappa shape index (κ2) is 3.40. The van der Waals surface area contributed by atoms with Crippen molar-refractivity contribution >= 4 is 33.9 Å². The zero-order valence-electron chi connectivity index (χ0n) is 6.84. The first-order chi connectivity index (χ1) is 5.65. The molecule has 0 fully saturated rings. The first-order valence-corrected chi connectivity index (χ1v) is 4.13. The highest BCUT2D eigenvalue weighted by Gasteiger charge is 2.09. The molecule has 0 aliphatic carbocycles. The molecule has 0 atom stereocenters. The largest absolute Gasteiger partial charge is 0.393 e. The molecule has 1 heterocycles. The van der Waals surface area contributed by atoms with Gasteiger partial charge in [-0.05, 0) is 11.5 Å². The number of nitrogens with one attached hydrogen (secondary N) is 2. The van der Waals surface area contributed by atoms with Crippen LogP contribution in [0.15, 0.2) is 0 Å². The Bertz CT molecular complexity index is 296. The molecule has 12 heavy (non-hydrogen) atoms. The van der Waals surface area contributed by atoms with Gasteiger partial charge in [0, 0.05) is 14.0 Å². The summed E-state index contributed by atoms with van der Waals surface area (Å²) >= 11 is 1.22. The molecule has 5 nitrogen and oxygen atoms in total. The summed E-state index contributed by atoms with van der Waals surface area (Å²) in [6.45, 7) is 1.41. The van der Waals surface area contributed by atoms with Crippen LogP contribution in [-0.2, 0) is 4.79 Å². The van der Waals surface area contributed by atoms with Crippen molar-refractivity contribution in [3.05, 3.63) is 0 Å². The maximum absolute atomic E-state index is 10.6. The molecule has 6 heteroatoms. The van der Waals surface area contributed by atoms with Crippen LogP contribution in [0.5, 0.6) is 0 Å². The topological polar surface area (TPSA) is 80.0 Å². The van der Waals surface area contributed by atoms with Gasteiger partial charge < -0.3 is 16.4 Å². The number of hydrogen-bond donors (Lipinski definition) is 3. The molecule has 1 rings (SSSR count). The lowest BCUT2D eigenvalue weighted by Crippen LogP contribution is -2.07. The van der Waals surface area contributed by atoms with Crippen LogP contribution in [0.2, 0.25) is 0 Å². The first-order valence-electron chi connectivity index (χ1n) is 3.35. The molecule has 0 saturated heterocycles. The maximum atomic E-state index is 10.6. The number of nitrogen functional groups attached to an aromatic ring is 1. The maximum Gasteiger partial charge on any atom is 0.222 e. The van der Waals surface area contributed by atoms with Crippen molar-refractivity contribution in [2.24, 2.45) is 0 Å². The summed E-state index contributed by atoms with van der Waals surface area (Å²) in [4.78, 5) is 10.6. The molecule has 66 valence electrons. The molecule has 0 radical (unpaired) electrons. The number of aromatic nitrogens is 1. The molecule has 0 bridgehead atoms. The second-order valence-corrected chi connectivity index (χ2v) is 2.98. The van der Waals surface area contributed by atoms with Gasteiger partial charge >= 0.3 is 0 Å². The minimum atomic E-state index is -0.172. The van der Waals surface area contributed by atoms with Crippen LogP contribution in [0, 0.1) is 0 Å². The molecule has 0 aliphatic heterocycles. The number of carbonyl (C=O) groups excluding carboxylic acids is 1. The number of nitrogens with two attached hydrogens (primary N) is 1. The molecule has 1 aromatic rings. The molecule has 0 spiro atoms. The third-order valence-electron chi connectivity index (χ3n) is 1.25. The Morgan fingerprint density at radius 3 is 2.75 bits per heavy atom. The summed E-state index contributed by atoms with van der Waals surface area (Å²) in [5, 5.41) is 6.15. The standard InChI is InChI=1S/C6H10N4OS/c1-3(11)9-5-4(7)6(8-2)12-10-5/h8H,7H2,1-2H3,(H,9,10,11). The van der Waals surface area contributed by atoms with Gasteiger partial charge in [0.05, 0.1) is 0 Å². The molecule has 4 N–H and O–H groups in total. The third-order valence-corrected chi connectivity index (χ3v) is 2.13. The summed E-state index contributed by atoms with van der Waals surface area (Å²) < 4.78 is 3.95. The minimum Gasteiger partial charge on any atom is -0.393 e. The van der Waals surface area contributed by atoms with Gasteiger partial charge in [-0.3, -0.25) is 4.79 Å². The highest BCUT2D eigenvalue weighted by Crippen LogP contribution is 2.30. The Morgan fingerprint density at radius 1 is 1.67 bits per heavy atom. The number of rotatable bonds is 2. The van der Waals surface area contributed by atoms with Crippen molar-refractivity contribution in [2.45, 2.75) is 6.92 Å². The Hall–Kier alpha value is -1.30. The van der Waals surface area contributed by atoms with Crippen molar-refractivity contribution in [1.82, 2.24) is 4.37 Å². The van der Waals surface area contributed by atoms with Gasteiger partial charge in [0.25, 0.3) is 0 Å². The van der Waals surface area contributed by atoms with Crippen molar-refractivity contribution < 1.29 is 4.79 Å². The van der Waals surface area contributed by atoms with Crippen LogP contribution in [0.1, 0.15) is 6.92 Å². The van der Waals surface area contributed by atoms with E-state index in [4.69, 9.17) is 5.73 Å². The summed E-state index contributed by atoms with van der Waals surface area (Å²) in [7, 11) is 1.75. The fourth-order valence-corrected chi connectivity index (χ4v) is 1.35. The zero-order chi connectivity index (χ0) is 9.14. The lowest BCUT2D eigenvalue weighted by molar-refractivity contribution is -0.114. The van der Waals surface area contributed by atoms with Crippen molar-refractivity contribution in [3.8, 4) is 0 Å². The summed E-state index contributed by atoms with van der Waals surface area (Å²) in [6, 6.07) is 0. The zero-order valence-corrected chi connectivity index (χ0v) is 7.66. The summed E-state index contributed by atoms with van der Waals surface area (Å²) in [6.07, 6.45) is 0. The van der Waals surface area contributed by atoms with Crippen LogP contribution >= 0.6 is 11.5 Å². The Balaban J connectivity index is 2.87. The number of nitrogens with zero attached hydrogens (tertiary/aromatic N) is 1. The van der Waals surface area contributed by atoms with E-state index >= 15 is 0 Å². The van der Waals surface area contributed by atoms with E-state index in [1.165, 1.54) is 18.5 Å². The Morgan fingerprint density at radius 2 is 2.33 bits per heavy atom. The van der Waals surface area contributed by atoms with Crippen LogP contribution in [0.3, 0.4) is 0 Å². The lowest BCUT2D eigenvalue weighted by atomic mass is 10.5. The molecular weight excluding hydrogens is 176 g/mol. The highest BCUT2D eigenvalue weighted by molar-refractivity contribution is 7.11. The van der Waals surface area contributed by atoms with E-state index in [-0.39, 0.29) is 5.91 Å². The van der Waals surface area contributed by atoms with E-state index in [0.29, 0.717) is 11.5 Å². The van der Waals surface area contributed by atoms with Gasteiger partial charge in [0.1, 0.15) is 10.7 Å². The number of amides is 1. The van der Waals surface area contributed by atoms with E-state index in [1.54, 1.807) is 7.05 Å². The average molecular weight is 186 g/mol. The monoisotopic (exact) mass is 186 g/mol. The third kappa shape index (κ3) is 1.65. The molecular formula is C6H10N4OS. The molecule has 0 unspecified atom stereocenters. The molecule has 0 aliphatic rings. The predicted molar refractivity (Wildman–Crippen MR) is 50.4 cm³/mol. The molecule has 1 amide bonds. The van der Waals surface area contributed by atoms with Crippen LogP contribution in [-0.4, -0.2) is 17.3 Å². The van der Waals surface area contributed by atoms with Gasteiger partial charge in [0.15, 0.2) is 5.82 Å². The second-order valence-electron chi connectivity index (χ2n) is 2.21. The van der Waals surface area contributed by atoms with Crippen molar-refractivity contribution in [1.29, 1.82) is 0 Å². The Labute approximate surface area is 74.1 Å². The summed E-state index contributed by atoms with van der Waals surface area (Å²) in [5.41, 5.74) is 6.12. The van der Waals surface area contributed by atoms with Gasteiger partial charge in [-0.1, -0.05) is 0 Å². The normalized spacial score (nSPS) is 9.50. The van der Waals surface area contributed by atoms with Crippen LogP contribution < -0.4 is 16.4 Å². The number of hydrogen-bond acceptors (Lipinski definition) is 5. The SMILES string of the molecule is CNc1snc(NC(C)=O)c1N. The smallest absolute Gasteiger partial charge is 0.222 e. The van der Waals surface area contributed by atoms with E-state index in [2.05, 4.69) is 15.0 Å². The fraction of sp³-hybridized carbons (Fsp3) is 0.333. The van der Waals surface area contributed by atoms with E-state index < -0.39 is 0 Å². The average Bonchev–Trinajstić information content (AvgIpc) is 2.32. The fourth-order valence-electron chi connectivity index (χ4n) is 0.734. The summed E-state index contributed by atoms with van der Waals surface area (Å²) in [5.74, 6) is 0.256. The highest BCUT2D eigenvalue weighted by atomic mass is 32.1. The lowest BCUT2D eigenvalue weighted by Gasteiger charge is -1.98.